The number of benzene rings is 1. The fraction of sp³-hybridized carbons (Fsp3) is 0.529. The van der Waals surface area contributed by atoms with Gasteiger partial charge in [-0.15, -0.1) is 0 Å². The molecule has 0 bridgehead atoms. The van der Waals surface area contributed by atoms with Gasteiger partial charge < -0.3 is 15.0 Å². The van der Waals surface area contributed by atoms with Crippen LogP contribution in [0.4, 0.5) is 10.5 Å². The Morgan fingerprint density at radius 2 is 1.96 bits per heavy atom. The molecule has 0 fully saturated rings. The van der Waals surface area contributed by atoms with Crippen molar-refractivity contribution in [2.45, 2.75) is 46.1 Å². The number of ether oxygens (including phenoxy) is 1. The summed E-state index contributed by atoms with van der Waals surface area (Å²) in [5.41, 5.74) is 1.14. The van der Waals surface area contributed by atoms with Crippen LogP contribution in [0.2, 0.25) is 5.02 Å². The van der Waals surface area contributed by atoms with E-state index in [-0.39, 0.29) is 12.0 Å². The van der Waals surface area contributed by atoms with Crippen molar-refractivity contribution < 1.29 is 14.3 Å². The number of nitrogens with zero attached hydrogens (tertiary/aromatic N) is 1. The molecule has 23 heavy (non-hydrogen) atoms. The van der Waals surface area contributed by atoms with E-state index in [9.17, 15) is 9.59 Å². The molecule has 128 valence electrons. The topological polar surface area (TPSA) is 58.6 Å². The molecule has 6 heteroatoms. The number of rotatable bonds is 5. The molecule has 1 aromatic rings. The van der Waals surface area contributed by atoms with Crippen molar-refractivity contribution in [1.82, 2.24) is 4.90 Å². The summed E-state index contributed by atoms with van der Waals surface area (Å²) in [6, 6.07) is 5.32. The predicted molar refractivity (Wildman–Crippen MR) is 92.9 cm³/mol. The number of anilines is 1. The lowest BCUT2D eigenvalue weighted by atomic mass is 10.2. The summed E-state index contributed by atoms with van der Waals surface area (Å²) in [4.78, 5) is 25.2. The summed E-state index contributed by atoms with van der Waals surface area (Å²) in [6.45, 7) is 7.81. The highest BCUT2D eigenvalue weighted by Crippen LogP contribution is 2.19. The lowest BCUT2D eigenvalue weighted by Crippen LogP contribution is -2.35. The van der Waals surface area contributed by atoms with Crippen molar-refractivity contribution in [1.29, 1.82) is 0 Å². The molecular weight excluding hydrogens is 316 g/mol. The zero-order valence-corrected chi connectivity index (χ0v) is 15.2. The molecule has 0 saturated heterocycles. The Bertz CT molecular complexity index is 567. The Kier molecular flexibility index (Phi) is 6.88. The van der Waals surface area contributed by atoms with E-state index < -0.39 is 5.60 Å². The van der Waals surface area contributed by atoms with Crippen molar-refractivity contribution in [2.24, 2.45) is 0 Å². The van der Waals surface area contributed by atoms with E-state index in [2.05, 4.69) is 5.32 Å². The number of aryl methyl sites for hydroxylation is 1. The van der Waals surface area contributed by atoms with Gasteiger partial charge in [-0.1, -0.05) is 11.6 Å². The predicted octanol–water partition coefficient (Wildman–Crippen LogP) is 4.23. The van der Waals surface area contributed by atoms with Crippen molar-refractivity contribution in [2.75, 3.05) is 18.9 Å². The minimum absolute atomic E-state index is 0.0898. The Morgan fingerprint density at radius 3 is 2.52 bits per heavy atom. The first-order valence-electron chi connectivity index (χ1n) is 7.58. The number of nitrogens with one attached hydrogen (secondary N) is 1. The highest BCUT2D eigenvalue weighted by atomic mass is 35.5. The number of hydrogen-bond acceptors (Lipinski definition) is 3. The minimum Gasteiger partial charge on any atom is -0.444 e. The largest absolute Gasteiger partial charge is 0.444 e. The zero-order valence-electron chi connectivity index (χ0n) is 14.4. The third kappa shape index (κ3) is 7.37. The monoisotopic (exact) mass is 340 g/mol. The van der Waals surface area contributed by atoms with Crippen molar-refractivity contribution in [3.8, 4) is 0 Å². The van der Waals surface area contributed by atoms with Gasteiger partial charge in [-0.25, -0.2) is 4.79 Å². The Balaban J connectivity index is 2.37. The quantitative estimate of drug-likeness (QED) is 0.872. The van der Waals surface area contributed by atoms with E-state index in [4.69, 9.17) is 16.3 Å². The second-order valence-corrected chi connectivity index (χ2v) is 6.95. The van der Waals surface area contributed by atoms with Gasteiger partial charge >= 0.3 is 6.09 Å². The molecule has 0 aliphatic rings. The van der Waals surface area contributed by atoms with Gasteiger partial charge in [0.15, 0.2) is 0 Å². The number of carbonyl (C=O) groups excluding carboxylic acids is 2. The van der Waals surface area contributed by atoms with Crippen LogP contribution in [0.1, 0.15) is 39.2 Å². The van der Waals surface area contributed by atoms with Crippen molar-refractivity contribution in [3.63, 3.8) is 0 Å². The lowest BCUT2D eigenvalue weighted by Gasteiger charge is -2.24. The minimum atomic E-state index is -0.519. The average molecular weight is 341 g/mol. The molecular formula is C17H25ClN2O3. The van der Waals surface area contributed by atoms with Crippen LogP contribution in [0, 0.1) is 6.92 Å². The SMILES string of the molecule is Cc1cc(Cl)ccc1NC(=O)CCCN(C)C(=O)OC(C)(C)C. The average Bonchev–Trinajstić information content (AvgIpc) is 2.40. The number of amides is 2. The summed E-state index contributed by atoms with van der Waals surface area (Å²) in [5.74, 6) is -0.0898. The number of hydrogen-bond donors (Lipinski definition) is 1. The summed E-state index contributed by atoms with van der Waals surface area (Å²) in [7, 11) is 1.66. The molecule has 0 heterocycles. The maximum absolute atomic E-state index is 12.0. The molecule has 0 atom stereocenters. The molecule has 0 unspecified atom stereocenters. The second kappa shape index (κ2) is 8.20. The van der Waals surface area contributed by atoms with Gasteiger partial charge in [-0.2, -0.15) is 0 Å². The molecule has 0 spiro atoms. The van der Waals surface area contributed by atoms with E-state index in [1.165, 1.54) is 4.90 Å². The van der Waals surface area contributed by atoms with E-state index in [1.807, 2.05) is 27.7 Å². The molecule has 2 amide bonds. The summed E-state index contributed by atoms with van der Waals surface area (Å²) < 4.78 is 5.25. The highest BCUT2D eigenvalue weighted by molar-refractivity contribution is 6.30. The van der Waals surface area contributed by atoms with Crippen LogP contribution >= 0.6 is 11.6 Å². The maximum atomic E-state index is 12.0. The molecule has 0 aromatic heterocycles. The summed E-state index contributed by atoms with van der Waals surface area (Å²) in [6.07, 6.45) is 0.509. The Morgan fingerprint density at radius 1 is 1.30 bits per heavy atom. The first-order chi connectivity index (χ1) is 10.6. The van der Waals surface area contributed by atoms with Gasteiger partial charge in [-0.05, 0) is 57.9 Å². The van der Waals surface area contributed by atoms with Gasteiger partial charge in [0.05, 0.1) is 0 Å². The molecule has 1 aromatic carbocycles. The third-order valence-corrected chi connectivity index (χ3v) is 3.30. The van der Waals surface area contributed by atoms with Crippen LogP contribution < -0.4 is 5.32 Å². The van der Waals surface area contributed by atoms with E-state index in [0.717, 1.165) is 11.3 Å². The van der Waals surface area contributed by atoms with Crippen LogP contribution in [0.25, 0.3) is 0 Å². The third-order valence-electron chi connectivity index (χ3n) is 3.07. The van der Waals surface area contributed by atoms with Crippen LogP contribution in [0.5, 0.6) is 0 Å². The molecule has 5 nitrogen and oxygen atoms in total. The zero-order chi connectivity index (χ0) is 17.6. The van der Waals surface area contributed by atoms with Gasteiger partial charge in [0, 0.05) is 30.7 Å². The first-order valence-corrected chi connectivity index (χ1v) is 7.96. The van der Waals surface area contributed by atoms with Gasteiger partial charge in [-0.3, -0.25) is 4.79 Å². The van der Waals surface area contributed by atoms with Crippen molar-refractivity contribution >= 4 is 29.3 Å². The fourth-order valence-corrected chi connectivity index (χ4v) is 2.11. The first kappa shape index (κ1) is 19.3. The number of carbonyl (C=O) groups is 2. The highest BCUT2D eigenvalue weighted by Gasteiger charge is 2.19. The van der Waals surface area contributed by atoms with Crippen LogP contribution in [-0.2, 0) is 9.53 Å². The standard InChI is InChI=1S/C17H25ClN2O3/c1-12-11-13(18)8-9-14(12)19-15(21)7-6-10-20(5)16(22)23-17(2,3)4/h8-9,11H,6-7,10H2,1-5H3,(H,19,21). The van der Waals surface area contributed by atoms with E-state index in [0.29, 0.717) is 24.4 Å². The molecule has 1 rings (SSSR count). The van der Waals surface area contributed by atoms with Gasteiger partial charge in [0.1, 0.15) is 5.60 Å². The molecule has 1 N–H and O–H groups in total. The lowest BCUT2D eigenvalue weighted by molar-refractivity contribution is -0.116. The van der Waals surface area contributed by atoms with Crippen molar-refractivity contribution in [3.05, 3.63) is 28.8 Å². The Hall–Kier alpha value is -1.75. The fourth-order valence-electron chi connectivity index (χ4n) is 1.89. The normalized spacial score (nSPS) is 11.0. The van der Waals surface area contributed by atoms with E-state index >= 15 is 0 Å². The van der Waals surface area contributed by atoms with Crippen LogP contribution in [0.15, 0.2) is 18.2 Å². The van der Waals surface area contributed by atoms with Gasteiger partial charge in [0.25, 0.3) is 0 Å². The molecule has 0 aliphatic carbocycles. The Labute approximate surface area is 142 Å². The summed E-state index contributed by atoms with van der Waals surface area (Å²) in [5, 5.41) is 3.48. The second-order valence-electron chi connectivity index (χ2n) is 6.51. The van der Waals surface area contributed by atoms with Crippen LogP contribution in [0.3, 0.4) is 0 Å². The number of halogens is 1. The molecule has 0 saturated carbocycles. The van der Waals surface area contributed by atoms with E-state index in [1.54, 1.807) is 25.2 Å². The van der Waals surface area contributed by atoms with Crippen LogP contribution in [-0.4, -0.2) is 36.1 Å². The maximum Gasteiger partial charge on any atom is 0.410 e. The molecule has 0 aliphatic heterocycles. The molecule has 0 radical (unpaired) electrons. The smallest absolute Gasteiger partial charge is 0.410 e. The van der Waals surface area contributed by atoms with Gasteiger partial charge in [0.2, 0.25) is 5.91 Å². The summed E-state index contributed by atoms with van der Waals surface area (Å²) >= 11 is 5.89.